The van der Waals surface area contributed by atoms with E-state index in [9.17, 15) is 0 Å². The molecule has 0 spiro atoms. The first kappa shape index (κ1) is 14.3. The Hall–Kier alpha value is -0.680. The maximum atomic E-state index is 6.11. The van der Waals surface area contributed by atoms with Gasteiger partial charge >= 0.3 is 0 Å². The number of hydrogen-bond donors (Lipinski definition) is 1. The molecule has 110 valence electrons. The Morgan fingerprint density at radius 1 is 1.10 bits per heavy atom. The van der Waals surface area contributed by atoms with Crippen molar-refractivity contribution < 1.29 is 4.74 Å². The molecule has 2 fully saturated rings. The normalized spacial score (nSPS) is 24.3. The van der Waals surface area contributed by atoms with Crippen LogP contribution in [0.1, 0.15) is 6.42 Å². The number of nitrogen functional groups attached to an aromatic ring is 1. The molecule has 0 amide bonds. The van der Waals surface area contributed by atoms with E-state index in [1.807, 2.05) is 6.07 Å². The molecule has 20 heavy (non-hydrogen) atoms. The fourth-order valence-corrected chi connectivity index (χ4v) is 3.36. The van der Waals surface area contributed by atoms with Gasteiger partial charge < -0.3 is 15.4 Å². The Bertz CT molecular complexity index is 492. The van der Waals surface area contributed by atoms with Crippen LogP contribution in [-0.2, 0) is 4.74 Å². The fraction of sp³-hybridized carbons (Fsp3) is 0.571. The van der Waals surface area contributed by atoms with Gasteiger partial charge in [0, 0.05) is 32.2 Å². The van der Waals surface area contributed by atoms with E-state index in [2.05, 4.69) is 9.80 Å². The average Bonchev–Trinajstić information content (AvgIpc) is 2.93. The van der Waals surface area contributed by atoms with Crippen molar-refractivity contribution in [1.82, 2.24) is 4.90 Å². The average molecular weight is 316 g/mol. The van der Waals surface area contributed by atoms with Gasteiger partial charge in [-0.1, -0.05) is 23.2 Å². The van der Waals surface area contributed by atoms with Crippen LogP contribution in [0.5, 0.6) is 0 Å². The molecule has 2 N–H and O–H groups in total. The minimum absolute atomic E-state index is 0.511. The number of nitrogens with zero attached hydrogens (tertiary/aromatic N) is 2. The molecule has 2 saturated heterocycles. The first-order valence-electron chi connectivity index (χ1n) is 6.96. The van der Waals surface area contributed by atoms with E-state index >= 15 is 0 Å². The van der Waals surface area contributed by atoms with Crippen molar-refractivity contribution in [3.63, 3.8) is 0 Å². The van der Waals surface area contributed by atoms with Gasteiger partial charge in [0.2, 0.25) is 0 Å². The van der Waals surface area contributed by atoms with E-state index in [-0.39, 0.29) is 0 Å². The smallest absolute Gasteiger partial charge is 0.0616 e. The van der Waals surface area contributed by atoms with E-state index in [4.69, 9.17) is 33.7 Å². The Kier molecular flexibility index (Phi) is 4.26. The summed E-state index contributed by atoms with van der Waals surface area (Å²) in [6.07, 6.45) is 1.15. The number of rotatable bonds is 2. The van der Waals surface area contributed by atoms with Crippen LogP contribution in [0, 0.1) is 0 Å². The molecule has 0 saturated carbocycles. The second kappa shape index (κ2) is 5.98. The SMILES string of the molecule is Nc1cc(Cl)c(Cl)cc1N1CCC(N2CCOCC2)C1. The zero-order valence-corrected chi connectivity index (χ0v) is 12.8. The fourth-order valence-electron chi connectivity index (χ4n) is 3.03. The molecule has 0 aromatic heterocycles. The Balaban J connectivity index is 1.72. The standard InChI is InChI=1S/C14H19Cl2N3O/c15-11-7-13(17)14(8-12(11)16)19-2-1-10(9-19)18-3-5-20-6-4-18/h7-8,10H,1-6,9,17H2. The molecular formula is C14H19Cl2N3O. The van der Waals surface area contributed by atoms with Crippen molar-refractivity contribution in [1.29, 1.82) is 0 Å². The van der Waals surface area contributed by atoms with Gasteiger partial charge in [0.15, 0.2) is 0 Å². The predicted molar refractivity (Wildman–Crippen MR) is 83.9 cm³/mol. The van der Waals surface area contributed by atoms with Gasteiger partial charge in [0.1, 0.15) is 0 Å². The summed E-state index contributed by atoms with van der Waals surface area (Å²) in [5.41, 5.74) is 7.77. The first-order valence-corrected chi connectivity index (χ1v) is 7.72. The molecule has 4 nitrogen and oxygen atoms in total. The Morgan fingerprint density at radius 3 is 2.55 bits per heavy atom. The lowest BCUT2D eigenvalue weighted by molar-refractivity contribution is 0.0209. The van der Waals surface area contributed by atoms with Crippen molar-refractivity contribution in [2.24, 2.45) is 0 Å². The highest BCUT2D eigenvalue weighted by Gasteiger charge is 2.29. The molecule has 2 aliphatic heterocycles. The van der Waals surface area contributed by atoms with Crippen molar-refractivity contribution in [2.45, 2.75) is 12.5 Å². The summed E-state index contributed by atoms with van der Waals surface area (Å²) in [5.74, 6) is 0. The summed E-state index contributed by atoms with van der Waals surface area (Å²) in [6, 6.07) is 4.19. The van der Waals surface area contributed by atoms with Crippen LogP contribution in [0.4, 0.5) is 11.4 Å². The van der Waals surface area contributed by atoms with Crippen LogP contribution in [0.15, 0.2) is 12.1 Å². The lowest BCUT2D eigenvalue weighted by Crippen LogP contribution is -2.44. The summed E-state index contributed by atoms with van der Waals surface area (Å²) in [4.78, 5) is 4.81. The minimum atomic E-state index is 0.511. The third-order valence-electron chi connectivity index (χ3n) is 4.14. The topological polar surface area (TPSA) is 41.7 Å². The van der Waals surface area contributed by atoms with Crippen molar-refractivity contribution >= 4 is 34.6 Å². The van der Waals surface area contributed by atoms with Gasteiger partial charge in [-0.25, -0.2) is 0 Å². The maximum Gasteiger partial charge on any atom is 0.0616 e. The van der Waals surface area contributed by atoms with E-state index < -0.39 is 0 Å². The zero-order valence-electron chi connectivity index (χ0n) is 11.3. The van der Waals surface area contributed by atoms with E-state index in [0.29, 0.717) is 21.8 Å². The third kappa shape index (κ3) is 2.84. The maximum absolute atomic E-state index is 6.11. The molecule has 2 aliphatic rings. The summed E-state index contributed by atoms with van der Waals surface area (Å²) >= 11 is 12.1. The summed E-state index contributed by atoms with van der Waals surface area (Å²) in [5, 5.41) is 1.07. The number of anilines is 2. The lowest BCUT2D eigenvalue weighted by atomic mass is 10.2. The van der Waals surface area contributed by atoms with Gasteiger partial charge in [-0.3, -0.25) is 4.90 Å². The molecule has 2 heterocycles. The van der Waals surface area contributed by atoms with E-state index in [1.54, 1.807) is 6.07 Å². The highest BCUT2D eigenvalue weighted by Crippen LogP contribution is 2.35. The molecule has 0 radical (unpaired) electrons. The summed E-state index contributed by atoms with van der Waals surface area (Å²) < 4.78 is 5.41. The molecule has 1 atom stereocenters. The van der Waals surface area contributed by atoms with Crippen molar-refractivity contribution in [3.8, 4) is 0 Å². The van der Waals surface area contributed by atoms with Gasteiger partial charge in [-0.15, -0.1) is 0 Å². The van der Waals surface area contributed by atoms with Gasteiger partial charge in [-0.05, 0) is 18.6 Å². The molecule has 0 bridgehead atoms. The highest BCUT2D eigenvalue weighted by atomic mass is 35.5. The zero-order chi connectivity index (χ0) is 14.1. The Labute approximate surface area is 129 Å². The van der Waals surface area contributed by atoms with Gasteiger partial charge in [0.25, 0.3) is 0 Å². The van der Waals surface area contributed by atoms with E-state index in [1.165, 1.54) is 0 Å². The quantitative estimate of drug-likeness (QED) is 0.851. The minimum Gasteiger partial charge on any atom is -0.397 e. The molecule has 0 aliphatic carbocycles. The predicted octanol–water partition coefficient (Wildman–Crippen LogP) is 2.49. The Morgan fingerprint density at radius 2 is 1.80 bits per heavy atom. The molecule has 6 heteroatoms. The second-order valence-corrected chi connectivity index (χ2v) is 6.18. The second-order valence-electron chi connectivity index (χ2n) is 5.36. The van der Waals surface area contributed by atoms with Crippen molar-refractivity contribution in [2.75, 3.05) is 50.0 Å². The molecule has 1 aromatic rings. The number of ether oxygens (including phenoxy) is 1. The monoisotopic (exact) mass is 315 g/mol. The molecule has 1 unspecified atom stereocenters. The number of morpholine rings is 1. The lowest BCUT2D eigenvalue weighted by Gasteiger charge is -2.32. The molecular weight excluding hydrogens is 297 g/mol. The van der Waals surface area contributed by atoms with Gasteiger partial charge in [0.05, 0.1) is 34.6 Å². The third-order valence-corrected chi connectivity index (χ3v) is 4.86. The summed E-state index contributed by atoms with van der Waals surface area (Å²) in [7, 11) is 0. The van der Waals surface area contributed by atoms with Gasteiger partial charge in [-0.2, -0.15) is 0 Å². The van der Waals surface area contributed by atoms with Crippen LogP contribution >= 0.6 is 23.2 Å². The van der Waals surface area contributed by atoms with Crippen LogP contribution in [0.3, 0.4) is 0 Å². The van der Waals surface area contributed by atoms with Crippen LogP contribution < -0.4 is 10.6 Å². The summed E-state index contributed by atoms with van der Waals surface area (Å²) in [6.45, 7) is 5.72. The number of hydrogen-bond acceptors (Lipinski definition) is 4. The first-order chi connectivity index (χ1) is 9.65. The van der Waals surface area contributed by atoms with Crippen LogP contribution in [0.25, 0.3) is 0 Å². The molecule has 1 aromatic carbocycles. The van der Waals surface area contributed by atoms with E-state index in [0.717, 1.165) is 51.5 Å². The number of benzene rings is 1. The van der Waals surface area contributed by atoms with Crippen molar-refractivity contribution in [3.05, 3.63) is 22.2 Å². The highest BCUT2D eigenvalue weighted by molar-refractivity contribution is 6.42. The molecule has 3 rings (SSSR count). The van der Waals surface area contributed by atoms with Crippen LogP contribution in [0.2, 0.25) is 10.0 Å². The largest absolute Gasteiger partial charge is 0.397 e. The van der Waals surface area contributed by atoms with Crippen LogP contribution in [-0.4, -0.2) is 50.3 Å². The number of nitrogens with two attached hydrogens (primary N) is 1. The number of halogens is 2.